The number of phenols is 1. The third kappa shape index (κ3) is 8.53. The fourth-order valence-electron chi connectivity index (χ4n) is 9.63. The number of benzene rings is 4. The van der Waals surface area contributed by atoms with Crippen LogP contribution in [0.1, 0.15) is 76.8 Å². The van der Waals surface area contributed by atoms with Crippen LogP contribution in [0.25, 0.3) is 11.6 Å². The highest BCUT2D eigenvalue weighted by Gasteiger charge is 2.57. The van der Waals surface area contributed by atoms with E-state index < -0.39 is 26.1 Å². The minimum absolute atomic E-state index is 0.0743. The molecule has 4 aromatic carbocycles. The van der Waals surface area contributed by atoms with Crippen LogP contribution in [0.2, 0.25) is 5.04 Å². The first-order valence-corrected chi connectivity index (χ1v) is 22.6. The zero-order valence-corrected chi connectivity index (χ0v) is 34.8. The first kappa shape index (κ1) is 41.1. The Morgan fingerprint density at radius 2 is 1.48 bits per heavy atom. The highest BCUT2D eigenvalue weighted by molar-refractivity contribution is 6.99. The highest BCUT2D eigenvalue weighted by Crippen LogP contribution is 2.51. The molecule has 7 rings (SSSR count). The van der Waals surface area contributed by atoms with Crippen molar-refractivity contribution in [1.29, 1.82) is 0 Å². The third-order valence-electron chi connectivity index (χ3n) is 12.3. The molecule has 3 aliphatic rings. The van der Waals surface area contributed by atoms with Crippen LogP contribution in [0.5, 0.6) is 5.75 Å². The molecule has 2 heterocycles. The molecule has 2 fully saturated rings. The number of carboxylic acid groups (broad SMARTS) is 1. The SMILES string of the molecule is CC(C)(C)[Si](OCC1=C2[C@@H](CC/C(=C/c3cccc(O)c3)c3ccccc3)OC[C@@H]2[C@@H]2C(=O)N(CCCCCC(=O)O)C(=O)[C@@H]2C1)(c1ccccc1)c1ccccc1. The van der Waals surface area contributed by atoms with Gasteiger partial charge in [-0.25, -0.2) is 0 Å². The number of hydrogen-bond acceptors (Lipinski definition) is 6. The maximum absolute atomic E-state index is 14.3. The van der Waals surface area contributed by atoms with Crippen LogP contribution >= 0.6 is 0 Å². The predicted molar refractivity (Wildman–Crippen MR) is 230 cm³/mol. The van der Waals surface area contributed by atoms with Crippen LogP contribution in [0, 0.1) is 17.8 Å². The second-order valence-electron chi connectivity index (χ2n) is 17.0. The molecule has 2 amide bonds. The van der Waals surface area contributed by atoms with Gasteiger partial charge in [-0.15, -0.1) is 0 Å². The van der Waals surface area contributed by atoms with Gasteiger partial charge in [0.05, 0.1) is 31.2 Å². The molecule has 1 aliphatic carbocycles. The van der Waals surface area contributed by atoms with Crippen molar-refractivity contribution in [2.45, 2.75) is 76.9 Å². The molecule has 0 unspecified atom stereocenters. The van der Waals surface area contributed by atoms with E-state index in [9.17, 15) is 19.5 Å². The molecule has 0 saturated carbocycles. The molecule has 2 aliphatic heterocycles. The Kier molecular flexibility index (Phi) is 12.6. The summed E-state index contributed by atoms with van der Waals surface area (Å²) in [5.74, 6) is -2.15. The monoisotopic (exact) mass is 797 g/mol. The number of unbranched alkanes of at least 4 members (excludes halogenated alkanes) is 2. The lowest BCUT2D eigenvalue weighted by Gasteiger charge is -2.44. The molecule has 0 bridgehead atoms. The molecule has 2 saturated heterocycles. The first-order valence-electron chi connectivity index (χ1n) is 20.7. The van der Waals surface area contributed by atoms with Crippen molar-refractivity contribution in [2.24, 2.45) is 17.8 Å². The van der Waals surface area contributed by atoms with Gasteiger partial charge in [-0.3, -0.25) is 19.3 Å². The summed E-state index contributed by atoms with van der Waals surface area (Å²) in [6, 6.07) is 38.6. The number of likely N-dealkylation sites (tertiary alicyclic amines) is 1. The molecular formula is C49H55NO7Si. The number of ether oxygens (including phenoxy) is 1. The highest BCUT2D eigenvalue weighted by atomic mass is 28.4. The summed E-state index contributed by atoms with van der Waals surface area (Å²) in [6.07, 6.45) is 5.43. The molecular weight excluding hydrogens is 743 g/mol. The minimum atomic E-state index is -2.95. The number of carbonyl (C=O) groups is 3. The van der Waals surface area contributed by atoms with E-state index >= 15 is 0 Å². The van der Waals surface area contributed by atoms with Gasteiger partial charge in [0.1, 0.15) is 5.75 Å². The van der Waals surface area contributed by atoms with E-state index in [1.807, 2.05) is 42.5 Å². The van der Waals surface area contributed by atoms with Crippen molar-refractivity contribution in [1.82, 2.24) is 4.90 Å². The van der Waals surface area contributed by atoms with Crippen molar-refractivity contribution >= 4 is 48.1 Å². The Morgan fingerprint density at radius 1 is 0.828 bits per heavy atom. The topological polar surface area (TPSA) is 113 Å². The van der Waals surface area contributed by atoms with E-state index in [1.54, 1.807) is 12.1 Å². The Labute approximate surface area is 343 Å². The van der Waals surface area contributed by atoms with E-state index in [1.165, 1.54) is 15.3 Å². The van der Waals surface area contributed by atoms with Crippen LogP contribution in [0.3, 0.4) is 0 Å². The average Bonchev–Trinajstić information content (AvgIpc) is 3.74. The molecule has 0 radical (unpaired) electrons. The molecule has 9 heteroatoms. The maximum atomic E-state index is 14.3. The second kappa shape index (κ2) is 17.8. The molecule has 0 spiro atoms. The van der Waals surface area contributed by atoms with Crippen LogP contribution in [0.15, 0.2) is 126 Å². The van der Waals surface area contributed by atoms with Crippen molar-refractivity contribution in [3.63, 3.8) is 0 Å². The van der Waals surface area contributed by atoms with E-state index in [0.717, 1.165) is 27.8 Å². The zero-order chi connectivity index (χ0) is 40.9. The zero-order valence-electron chi connectivity index (χ0n) is 33.8. The van der Waals surface area contributed by atoms with E-state index in [-0.39, 0.29) is 41.0 Å². The number of phenolic OH excluding ortho intramolecular Hbond substituents is 1. The van der Waals surface area contributed by atoms with Gasteiger partial charge in [-0.2, -0.15) is 0 Å². The van der Waals surface area contributed by atoms with Crippen molar-refractivity contribution in [3.05, 3.63) is 138 Å². The quantitative estimate of drug-likeness (QED) is 0.0386. The number of rotatable bonds is 16. The van der Waals surface area contributed by atoms with Gasteiger partial charge in [0.15, 0.2) is 0 Å². The molecule has 2 N–H and O–H groups in total. The summed E-state index contributed by atoms with van der Waals surface area (Å²) in [5, 5.41) is 21.4. The fourth-order valence-corrected chi connectivity index (χ4v) is 14.2. The van der Waals surface area contributed by atoms with E-state index in [2.05, 4.69) is 87.5 Å². The molecule has 58 heavy (non-hydrogen) atoms. The number of imide groups is 1. The maximum Gasteiger partial charge on any atom is 0.303 e. The molecule has 4 aromatic rings. The summed E-state index contributed by atoms with van der Waals surface area (Å²) < 4.78 is 14.2. The van der Waals surface area contributed by atoms with E-state index in [0.29, 0.717) is 58.3 Å². The lowest BCUT2D eigenvalue weighted by molar-refractivity contribution is -0.141. The Bertz CT molecular complexity index is 2100. The Balaban J connectivity index is 1.24. The third-order valence-corrected chi connectivity index (χ3v) is 17.3. The van der Waals surface area contributed by atoms with E-state index in [4.69, 9.17) is 14.3 Å². The summed E-state index contributed by atoms with van der Waals surface area (Å²) in [5.41, 5.74) is 5.27. The lowest BCUT2D eigenvalue weighted by Crippen LogP contribution is -2.66. The number of nitrogens with zero attached hydrogens (tertiary/aromatic N) is 1. The van der Waals surface area contributed by atoms with Crippen molar-refractivity contribution in [2.75, 3.05) is 19.8 Å². The summed E-state index contributed by atoms with van der Waals surface area (Å²) >= 11 is 0. The molecule has 0 aromatic heterocycles. The van der Waals surface area contributed by atoms with Crippen molar-refractivity contribution in [3.8, 4) is 5.75 Å². The number of allylic oxidation sites excluding steroid dienone is 1. The van der Waals surface area contributed by atoms with Crippen LogP contribution in [-0.2, 0) is 23.5 Å². The number of amides is 2. The number of carboxylic acids is 1. The largest absolute Gasteiger partial charge is 0.508 e. The van der Waals surface area contributed by atoms with Gasteiger partial charge < -0.3 is 19.4 Å². The average molecular weight is 798 g/mol. The Morgan fingerprint density at radius 3 is 2.10 bits per heavy atom. The first-order chi connectivity index (χ1) is 28.0. The Hall–Kier alpha value is -5.09. The predicted octanol–water partition coefficient (Wildman–Crippen LogP) is 8.25. The molecule has 302 valence electrons. The summed E-state index contributed by atoms with van der Waals surface area (Å²) in [4.78, 5) is 41.0. The molecule has 8 nitrogen and oxygen atoms in total. The fraction of sp³-hybridized carbons (Fsp3) is 0.367. The molecule has 4 atom stereocenters. The van der Waals surface area contributed by atoms with Crippen LogP contribution in [-0.4, -0.2) is 67.1 Å². The second-order valence-corrected chi connectivity index (χ2v) is 21.3. The number of fused-ring (bicyclic) bond motifs is 3. The normalized spacial score (nSPS) is 21.0. The van der Waals surface area contributed by atoms with Gasteiger partial charge in [-0.1, -0.05) is 136 Å². The van der Waals surface area contributed by atoms with Crippen LogP contribution in [0.4, 0.5) is 0 Å². The number of aromatic hydroxyl groups is 1. The standard InChI is InChI=1S/C49H55NO7Si/c1-49(2,3)58(39-21-10-5-11-22-39,40-23-12-6-13-24-40)57-32-37-31-41-46(48(55)50(47(41)54)28-15-7-14-25-44(52)53)42-33-56-43(45(37)42)27-26-36(35-18-8-4-9-19-35)29-34-17-16-20-38(51)30-34/h4-6,8-13,16-24,29-30,41-43,46,51H,7,14-15,25-28,31-33H2,1-3H3,(H,52,53)/b36-29-/t41-,42+,43-,46-/m1/s1. The van der Waals surface area contributed by atoms with Crippen molar-refractivity contribution < 1.29 is 33.8 Å². The summed E-state index contributed by atoms with van der Waals surface area (Å²) in [7, 11) is -2.95. The van der Waals surface area contributed by atoms with Gasteiger partial charge in [0, 0.05) is 18.9 Å². The van der Waals surface area contributed by atoms with Crippen LogP contribution < -0.4 is 10.4 Å². The summed E-state index contributed by atoms with van der Waals surface area (Å²) in [6.45, 7) is 7.75. The smallest absolute Gasteiger partial charge is 0.303 e. The number of carbonyl (C=O) groups excluding carboxylic acids is 2. The lowest BCUT2D eigenvalue weighted by atomic mass is 9.69. The minimum Gasteiger partial charge on any atom is -0.508 e. The number of aliphatic carboxylic acids is 1. The van der Waals surface area contributed by atoms with Gasteiger partial charge >= 0.3 is 5.97 Å². The van der Waals surface area contributed by atoms with Gasteiger partial charge in [0.2, 0.25) is 11.8 Å². The number of hydrogen-bond donors (Lipinski definition) is 2. The van der Waals surface area contributed by atoms with Gasteiger partial charge in [-0.05, 0) is 87.5 Å². The van der Waals surface area contributed by atoms with Gasteiger partial charge in [0.25, 0.3) is 8.32 Å².